The lowest BCUT2D eigenvalue weighted by molar-refractivity contribution is -0.132. The van der Waals surface area contributed by atoms with Crippen LogP contribution in [-0.4, -0.2) is 23.2 Å². The first-order chi connectivity index (χ1) is 5.67. The maximum Gasteiger partial charge on any atom is 0.333 e. The Bertz CT molecular complexity index is 261. The van der Waals surface area contributed by atoms with E-state index in [0.717, 1.165) is 0 Å². The zero-order valence-electron chi connectivity index (χ0n) is 6.65. The summed E-state index contributed by atoms with van der Waals surface area (Å²) in [6.07, 6.45) is 3.93. The number of carboxylic acids is 1. The average molecular weight is 167 g/mol. The number of carbonyl (C=O) groups excluding carboxylic acids is 1. The quantitative estimate of drug-likeness (QED) is 0.293. The first-order valence-corrected chi connectivity index (χ1v) is 3.26. The van der Waals surface area contributed by atoms with Crippen molar-refractivity contribution in [2.75, 3.05) is 0 Å². The Balaban J connectivity index is 4.81. The Morgan fingerprint density at radius 3 is 2.58 bits per heavy atom. The van der Waals surface area contributed by atoms with E-state index in [1.165, 1.54) is 18.2 Å². The second kappa shape index (κ2) is 5.04. The van der Waals surface area contributed by atoms with E-state index in [9.17, 15) is 9.59 Å². The van der Waals surface area contributed by atoms with Crippen LogP contribution in [0.2, 0.25) is 0 Å². The van der Waals surface area contributed by atoms with Crippen LogP contribution >= 0.6 is 0 Å². The van der Waals surface area contributed by atoms with Crippen molar-refractivity contribution in [3.05, 3.63) is 24.3 Å². The lowest BCUT2D eigenvalue weighted by atomic mass is 10.1. The molecule has 0 rings (SSSR count). The molecule has 0 spiro atoms. The second-order valence-electron chi connectivity index (χ2n) is 1.95. The highest BCUT2D eigenvalue weighted by Gasteiger charge is 2.14. The van der Waals surface area contributed by atoms with Gasteiger partial charge in [0.05, 0.1) is 5.57 Å². The molecule has 0 saturated heterocycles. The van der Waals surface area contributed by atoms with Crippen LogP contribution in [0.15, 0.2) is 29.3 Å². The molecule has 0 aromatic rings. The molecular weight excluding hydrogens is 158 g/mol. The third-order valence-electron chi connectivity index (χ3n) is 1.29. The standard InChI is InChI=1S/C8H9NO3/c1-3-6(8(11)12)7(4-2)9-5-10/h3-4,7H,2H2,1H3,(H,11,12). The minimum Gasteiger partial charge on any atom is -0.478 e. The highest BCUT2D eigenvalue weighted by Crippen LogP contribution is 2.07. The Kier molecular flexibility index (Phi) is 4.34. The van der Waals surface area contributed by atoms with E-state index in [4.69, 9.17) is 5.11 Å². The summed E-state index contributed by atoms with van der Waals surface area (Å²) >= 11 is 0. The fourth-order valence-corrected chi connectivity index (χ4v) is 0.727. The van der Waals surface area contributed by atoms with Gasteiger partial charge in [0, 0.05) is 0 Å². The predicted molar refractivity (Wildman–Crippen MR) is 43.5 cm³/mol. The van der Waals surface area contributed by atoms with Crippen molar-refractivity contribution in [1.82, 2.24) is 0 Å². The number of rotatable bonds is 4. The Labute approximate surface area is 69.9 Å². The van der Waals surface area contributed by atoms with E-state index in [0.29, 0.717) is 0 Å². The van der Waals surface area contributed by atoms with Crippen LogP contribution in [0, 0.1) is 0 Å². The molecule has 4 nitrogen and oxygen atoms in total. The van der Waals surface area contributed by atoms with Crippen molar-refractivity contribution in [2.24, 2.45) is 4.99 Å². The Morgan fingerprint density at radius 1 is 1.75 bits per heavy atom. The molecule has 4 heteroatoms. The van der Waals surface area contributed by atoms with Gasteiger partial charge in [-0.1, -0.05) is 12.2 Å². The predicted octanol–water partition coefficient (Wildman–Crippen LogP) is 0.908. The monoisotopic (exact) mass is 167 g/mol. The maximum atomic E-state index is 10.5. The number of carbonyl (C=O) groups is 1. The maximum absolute atomic E-state index is 10.5. The summed E-state index contributed by atoms with van der Waals surface area (Å²) < 4.78 is 0. The van der Waals surface area contributed by atoms with E-state index in [2.05, 4.69) is 11.6 Å². The molecule has 0 heterocycles. The molecule has 1 atom stereocenters. The molecule has 0 aliphatic heterocycles. The number of aliphatic imine (C=N–C) groups is 1. The van der Waals surface area contributed by atoms with Gasteiger partial charge in [-0.05, 0) is 6.92 Å². The first-order valence-electron chi connectivity index (χ1n) is 3.26. The number of isocyanates is 1. The van der Waals surface area contributed by atoms with Crippen molar-refractivity contribution in [3.63, 3.8) is 0 Å². The first kappa shape index (κ1) is 10.3. The van der Waals surface area contributed by atoms with Gasteiger partial charge in [0.25, 0.3) is 0 Å². The lowest BCUT2D eigenvalue weighted by Crippen LogP contribution is -2.13. The van der Waals surface area contributed by atoms with Gasteiger partial charge >= 0.3 is 5.97 Å². The van der Waals surface area contributed by atoms with E-state index in [1.54, 1.807) is 6.92 Å². The fourth-order valence-electron chi connectivity index (χ4n) is 0.727. The molecule has 12 heavy (non-hydrogen) atoms. The molecule has 0 aliphatic carbocycles. The Hall–Kier alpha value is -1.67. The molecule has 0 radical (unpaired) electrons. The number of hydrogen-bond acceptors (Lipinski definition) is 3. The zero-order chi connectivity index (χ0) is 9.56. The van der Waals surface area contributed by atoms with Crippen molar-refractivity contribution < 1.29 is 14.7 Å². The highest BCUT2D eigenvalue weighted by molar-refractivity contribution is 5.88. The van der Waals surface area contributed by atoms with Crippen LogP contribution in [0.5, 0.6) is 0 Å². The van der Waals surface area contributed by atoms with Crippen LogP contribution in [0.3, 0.4) is 0 Å². The number of hydrogen-bond donors (Lipinski definition) is 1. The van der Waals surface area contributed by atoms with Crippen LogP contribution in [0.25, 0.3) is 0 Å². The molecule has 0 aliphatic rings. The number of aliphatic carboxylic acids is 1. The molecule has 0 aromatic heterocycles. The third-order valence-corrected chi connectivity index (χ3v) is 1.29. The van der Waals surface area contributed by atoms with Crippen molar-refractivity contribution in [3.8, 4) is 0 Å². The highest BCUT2D eigenvalue weighted by atomic mass is 16.4. The summed E-state index contributed by atoms with van der Waals surface area (Å²) in [6.45, 7) is 4.91. The summed E-state index contributed by atoms with van der Waals surface area (Å²) in [5.74, 6) is -1.11. The van der Waals surface area contributed by atoms with E-state index in [1.807, 2.05) is 0 Å². The van der Waals surface area contributed by atoms with Crippen molar-refractivity contribution >= 4 is 12.0 Å². The molecule has 0 amide bonds. The average Bonchev–Trinajstić information content (AvgIpc) is 2.03. The van der Waals surface area contributed by atoms with E-state index in [-0.39, 0.29) is 5.57 Å². The number of allylic oxidation sites excluding steroid dienone is 1. The van der Waals surface area contributed by atoms with Gasteiger partial charge in [-0.2, -0.15) is 4.99 Å². The molecule has 0 bridgehead atoms. The van der Waals surface area contributed by atoms with Crippen molar-refractivity contribution in [2.45, 2.75) is 13.0 Å². The lowest BCUT2D eigenvalue weighted by Gasteiger charge is -2.04. The molecule has 0 saturated carbocycles. The van der Waals surface area contributed by atoms with Crippen LogP contribution in [0.4, 0.5) is 0 Å². The smallest absolute Gasteiger partial charge is 0.333 e. The number of carboxylic acid groups (broad SMARTS) is 1. The van der Waals surface area contributed by atoms with E-state index < -0.39 is 12.0 Å². The Morgan fingerprint density at radius 2 is 2.33 bits per heavy atom. The van der Waals surface area contributed by atoms with Gasteiger partial charge in [-0.15, -0.1) is 6.58 Å². The van der Waals surface area contributed by atoms with Crippen LogP contribution < -0.4 is 0 Å². The molecule has 0 fully saturated rings. The largest absolute Gasteiger partial charge is 0.478 e. The second-order valence-corrected chi connectivity index (χ2v) is 1.95. The summed E-state index contributed by atoms with van der Waals surface area (Å²) in [4.78, 5) is 23.6. The minimum atomic E-state index is -1.11. The van der Waals surface area contributed by atoms with Gasteiger partial charge in [0.2, 0.25) is 6.08 Å². The van der Waals surface area contributed by atoms with Gasteiger partial charge in [-0.3, -0.25) is 0 Å². The fraction of sp³-hybridized carbons (Fsp3) is 0.250. The normalized spacial score (nSPS) is 12.9. The summed E-state index contributed by atoms with van der Waals surface area (Å²) in [5, 5.41) is 8.60. The van der Waals surface area contributed by atoms with Gasteiger partial charge in [-0.25, -0.2) is 9.59 Å². The summed E-state index contributed by atoms with van der Waals surface area (Å²) in [5.41, 5.74) is 0.0216. The summed E-state index contributed by atoms with van der Waals surface area (Å²) in [6, 6.07) is -0.801. The topological polar surface area (TPSA) is 66.7 Å². The SMILES string of the molecule is C=CC(N=C=O)C(=CC)C(=O)O. The van der Waals surface area contributed by atoms with Gasteiger partial charge in [0.1, 0.15) is 6.04 Å². The molecule has 64 valence electrons. The molecule has 1 unspecified atom stereocenters. The van der Waals surface area contributed by atoms with Crippen LogP contribution in [0.1, 0.15) is 6.92 Å². The molecule has 0 aromatic carbocycles. The number of nitrogens with zero attached hydrogens (tertiary/aromatic N) is 1. The zero-order valence-corrected chi connectivity index (χ0v) is 6.65. The summed E-state index contributed by atoms with van der Waals surface area (Å²) in [7, 11) is 0. The van der Waals surface area contributed by atoms with Crippen molar-refractivity contribution in [1.29, 1.82) is 0 Å². The molecule has 1 N–H and O–H groups in total. The molecular formula is C8H9NO3. The van der Waals surface area contributed by atoms with Gasteiger partial charge < -0.3 is 5.11 Å². The van der Waals surface area contributed by atoms with E-state index >= 15 is 0 Å². The van der Waals surface area contributed by atoms with Crippen LogP contribution in [-0.2, 0) is 9.59 Å². The van der Waals surface area contributed by atoms with Gasteiger partial charge in [0.15, 0.2) is 0 Å². The minimum absolute atomic E-state index is 0.0216. The third kappa shape index (κ3) is 2.52.